The summed E-state index contributed by atoms with van der Waals surface area (Å²) in [6, 6.07) is 13.2. The van der Waals surface area contributed by atoms with Gasteiger partial charge in [-0.25, -0.2) is 8.42 Å². The molecule has 0 saturated carbocycles. The lowest BCUT2D eigenvalue weighted by Gasteiger charge is -2.34. The molecular formula is C30H32N2O7S. The summed E-state index contributed by atoms with van der Waals surface area (Å²) >= 11 is 0. The molecule has 10 heteroatoms. The zero-order valence-corrected chi connectivity index (χ0v) is 23.2. The van der Waals surface area contributed by atoms with Crippen molar-refractivity contribution in [2.45, 2.75) is 43.0 Å². The monoisotopic (exact) mass is 564 g/mol. The van der Waals surface area contributed by atoms with Crippen LogP contribution in [0.5, 0.6) is 11.5 Å². The van der Waals surface area contributed by atoms with Crippen molar-refractivity contribution in [2.75, 3.05) is 44.9 Å². The van der Waals surface area contributed by atoms with Crippen molar-refractivity contribution in [1.82, 2.24) is 4.31 Å². The third-order valence-corrected chi connectivity index (χ3v) is 9.82. The number of rotatable bonds is 9. The molecule has 1 saturated heterocycles. The number of hydrogen-bond donors (Lipinski definition) is 0. The number of piperidine rings is 1. The molecule has 3 heterocycles. The molecule has 0 aromatic heterocycles. The van der Waals surface area contributed by atoms with Gasteiger partial charge in [-0.1, -0.05) is 24.6 Å². The van der Waals surface area contributed by atoms with E-state index in [4.69, 9.17) is 14.2 Å². The van der Waals surface area contributed by atoms with Crippen molar-refractivity contribution in [2.24, 2.45) is 0 Å². The molecule has 1 amide bonds. The van der Waals surface area contributed by atoms with Crippen molar-refractivity contribution < 1.29 is 32.2 Å². The topological polar surface area (TPSA) is 102 Å². The standard InChI is InChI=1S/C30H32N2O7S/c1-37-15-5-13-31-25-11-9-20(22-6-4-7-23(29(22)25)30(31)34)18-26(33)24-8-2-3-14-32(24)40(35,36)21-10-12-27-28(19-21)39-17-16-38-27/h4,6-7,9-12,19,24H,2-3,5,8,13-18H2,1H3. The molecule has 1 fully saturated rings. The SMILES string of the molecule is COCCCN1C(=O)c2cccc3c(CC(=O)C4CCCCN4S(=O)(=O)c4ccc5c(c4)OCCO5)ccc1c23. The molecular weight excluding hydrogens is 532 g/mol. The summed E-state index contributed by atoms with van der Waals surface area (Å²) in [6.45, 7) is 2.15. The van der Waals surface area contributed by atoms with E-state index in [1.165, 1.54) is 16.4 Å². The zero-order valence-electron chi connectivity index (χ0n) is 22.4. The molecule has 9 nitrogen and oxygen atoms in total. The second kappa shape index (κ2) is 10.8. The van der Waals surface area contributed by atoms with Gasteiger partial charge in [0, 0.05) is 50.2 Å². The van der Waals surface area contributed by atoms with Gasteiger partial charge in [-0.2, -0.15) is 4.31 Å². The first kappa shape index (κ1) is 26.7. The third kappa shape index (κ3) is 4.63. The first-order chi connectivity index (χ1) is 19.4. The van der Waals surface area contributed by atoms with Crippen molar-refractivity contribution in [3.8, 4) is 11.5 Å². The van der Waals surface area contributed by atoms with Gasteiger partial charge in [-0.15, -0.1) is 0 Å². The Morgan fingerprint density at radius 2 is 1.88 bits per heavy atom. The largest absolute Gasteiger partial charge is 0.486 e. The number of amides is 1. The third-order valence-electron chi connectivity index (χ3n) is 7.92. The Labute approximate surface area is 233 Å². The first-order valence-corrected chi connectivity index (χ1v) is 15.1. The Kier molecular flexibility index (Phi) is 7.24. The fourth-order valence-corrected chi connectivity index (χ4v) is 7.68. The number of carbonyl (C=O) groups excluding carboxylic acids is 2. The minimum absolute atomic E-state index is 0.0517. The number of carbonyl (C=O) groups is 2. The van der Waals surface area contributed by atoms with E-state index >= 15 is 0 Å². The lowest BCUT2D eigenvalue weighted by atomic mass is 9.93. The van der Waals surface area contributed by atoms with Crippen LogP contribution in [-0.2, 0) is 26.0 Å². The van der Waals surface area contributed by atoms with E-state index in [0.717, 1.165) is 28.4 Å². The highest BCUT2D eigenvalue weighted by Crippen LogP contribution is 2.40. The maximum atomic E-state index is 13.8. The molecule has 210 valence electrons. The molecule has 0 radical (unpaired) electrons. The molecule has 6 rings (SSSR count). The summed E-state index contributed by atoms with van der Waals surface area (Å²) in [5, 5.41) is 1.70. The molecule has 1 atom stereocenters. The quantitative estimate of drug-likeness (QED) is 0.363. The number of nitrogens with zero attached hydrogens (tertiary/aromatic N) is 2. The van der Waals surface area contributed by atoms with E-state index < -0.39 is 16.1 Å². The number of anilines is 1. The number of hydrogen-bond acceptors (Lipinski definition) is 7. The van der Waals surface area contributed by atoms with Gasteiger partial charge in [0.2, 0.25) is 10.0 Å². The molecule has 40 heavy (non-hydrogen) atoms. The number of benzene rings is 3. The van der Waals surface area contributed by atoms with Gasteiger partial charge in [0.05, 0.1) is 16.6 Å². The Hall–Kier alpha value is -3.47. The normalized spacial score (nSPS) is 18.9. The van der Waals surface area contributed by atoms with Gasteiger partial charge in [0.15, 0.2) is 17.3 Å². The van der Waals surface area contributed by atoms with Crippen molar-refractivity contribution >= 4 is 38.2 Å². The summed E-state index contributed by atoms with van der Waals surface area (Å²) in [4.78, 5) is 28.8. The highest BCUT2D eigenvalue weighted by molar-refractivity contribution is 7.89. The Bertz CT molecular complexity index is 1590. The van der Waals surface area contributed by atoms with E-state index in [-0.39, 0.29) is 29.6 Å². The van der Waals surface area contributed by atoms with Crippen LogP contribution in [0.1, 0.15) is 41.6 Å². The van der Waals surface area contributed by atoms with Gasteiger partial charge in [-0.05, 0) is 54.5 Å². The van der Waals surface area contributed by atoms with Crippen LogP contribution >= 0.6 is 0 Å². The summed E-state index contributed by atoms with van der Waals surface area (Å²) < 4.78 is 45.2. The van der Waals surface area contributed by atoms with Crippen LogP contribution in [0.15, 0.2) is 53.4 Å². The van der Waals surface area contributed by atoms with Crippen LogP contribution < -0.4 is 14.4 Å². The molecule has 0 aliphatic carbocycles. The summed E-state index contributed by atoms with van der Waals surface area (Å²) in [6.07, 6.45) is 2.73. The number of fused-ring (bicyclic) bond motifs is 1. The van der Waals surface area contributed by atoms with E-state index in [2.05, 4.69) is 0 Å². The minimum Gasteiger partial charge on any atom is -0.486 e. The fourth-order valence-electron chi connectivity index (χ4n) is 5.99. The van der Waals surface area contributed by atoms with Crippen LogP contribution in [0.25, 0.3) is 10.8 Å². The molecule has 0 bridgehead atoms. The first-order valence-electron chi connectivity index (χ1n) is 13.7. The van der Waals surface area contributed by atoms with E-state index in [1.807, 2.05) is 30.3 Å². The van der Waals surface area contributed by atoms with Gasteiger partial charge in [0.1, 0.15) is 13.2 Å². The van der Waals surface area contributed by atoms with Gasteiger partial charge < -0.3 is 19.1 Å². The second-order valence-electron chi connectivity index (χ2n) is 10.4. The van der Waals surface area contributed by atoms with Gasteiger partial charge in [-0.3, -0.25) is 9.59 Å². The maximum absolute atomic E-state index is 13.8. The summed E-state index contributed by atoms with van der Waals surface area (Å²) in [5.74, 6) is 0.706. The number of Topliss-reactive ketones (excluding diaryl/α,β-unsaturated/α-hetero) is 1. The van der Waals surface area contributed by atoms with Gasteiger partial charge >= 0.3 is 0 Å². The zero-order chi connectivity index (χ0) is 27.9. The van der Waals surface area contributed by atoms with E-state index in [0.29, 0.717) is 62.7 Å². The number of sulfonamides is 1. The predicted octanol–water partition coefficient (Wildman–Crippen LogP) is 3.96. The molecule has 3 aromatic carbocycles. The van der Waals surface area contributed by atoms with Crippen LogP contribution in [0.2, 0.25) is 0 Å². The van der Waals surface area contributed by atoms with Crippen molar-refractivity contribution in [1.29, 1.82) is 0 Å². The van der Waals surface area contributed by atoms with Crippen LogP contribution in [-0.4, -0.2) is 70.5 Å². The molecule has 3 aromatic rings. The maximum Gasteiger partial charge on any atom is 0.258 e. The lowest BCUT2D eigenvalue weighted by Crippen LogP contribution is -2.48. The van der Waals surface area contributed by atoms with Crippen LogP contribution in [0, 0.1) is 0 Å². The predicted molar refractivity (Wildman–Crippen MR) is 150 cm³/mol. The van der Waals surface area contributed by atoms with Crippen LogP contribution in [0.3, 0.4) is 0 Å². The number of ether oxygens (including phenoxy) is 3. The highest BCUT2D eigenvalue weighted by Gasteiger charge is 2.38. The fraction of sp³-hybridized carbons (Fsp3) is 0.400. The highest BCUT2D eigenvalue weighted by atomic mass is 32.2. The smallest absolute Gasteiger partial charge is 0.258 e. The molecule has 3 aliphatic rings. The van der Waals surface area contributed by atoms with Crippen molar-refractivity contribution in [3.63, 3.8) is 0 Å². The average molecular weight is 565 g/mol. The summed E-state index contributed by atoms with van der Waals surface area (Å²) in [5.41, 5.74) is 2.25. The number of ketones is 1. The number of methoxy groups -OCH3 is 1. The Balaban J connectivity index is 1.28. The van der Waals surface area contributed by atoms with Crippen molar-refractivity contribution in [3.05, 3.63) is 59.7 Å². The minimum atomic E-state index is -3.94. The average Bonchev–Trinajstić information content (AvgIpc) is 3.26. The Morgan fingerprint density at radius 1 is 1.05 bits per heavy atom. The molecule has 0 N–H and O–H groups in total. The second-order valence-corrected chi connectivity index (χ2v) is 12.2. The van der Waals surface area contributed by atoms with Crippen LogP contribution in [0.4, 0.5) is 5.69 Å². The molecule has 3 aliphatic heterocycles. The lowest BCUT2D eigenvalue weighted by molar-refractivity contribution is -0.122. The van der Waals surface area contributed by atoms with Gasteiger partial charge in [0.25, 0.3) is 5.91 Å². The van der Waals surface area contributed by atoms with E-state index in [1.54, 1.807) is 18.1 Å². The molecule has 0 spiro atoms. The van der Waals surface area contributed by atoms with E-state index in [9.17, 15) is 18.0 Å². The summed E-state index contributed by atoms with van der Waals surface area (Å²) in [7, 11) is -2.30. The molecule has 1 unspecified atom stereocenters. The Morgan fingerprint density at radius 3 is 2.70 bits per heavy atom.